The number of aliphatic carboxylic acids is 1. The van der Waals surface area contributed by atoms with Crippen molar-refractivity contribution in [2.24, 2.45) is 11.3 Å². The zero-order valence-electron chi connectivity index (χ0n) is 14.2. The number of carbonyl (C=O) groups is 3. The molecule has 7 heteroatoms. The molecule has 1 amide bonds. The maximum Gasteiger partial charge on any atom is 0.323 e. The van der Waals surface area contributed by atoms with Crippen molar-refractivity contribution in [1.29, 1.82) is 0 Å². The van der Waals surface area contributed by atoms with Gasteiger partial charge < -0.3 is 10.0 Å². The van der Waals surface area contributed by atoms with E-state index in [4.69, 9.17) is 5.11 Å². The molecule has 24 heavy (non-hydrogen) atoms. The highest BCUT2D eigenvalue weighted by Crippen LogP contribution is 2.25. The molecule has 0 aliphatic carbocycles. The van der Waals surface area contributed by atoms with Crippen molar-refractivity contribution in [1.82, 2.24) is 0 Å². The molecule has 132 valence electrons. The lowest BCUT2D eigenvalue weighted by Gasteiger charge is -2.25. The van der Waals surface area contributed by atoms with Crippen LogP contribution in [-0.2, 0) is 14.4 Å². The summed E-state index contributed by atoms with van der Waals surface area (Å²) >= 11 is 1.06. The fourth-order valence-electron chi connectivity index (χ4n) is 1.81. The summed E-state index contributed by atoms with van der Waals surface area (Å²) in [5, 5.41) is 8.99. The van der Waals surface area contributed by atoms with E-state index in [-0.39, 0.29) is 10.9 Å². The number of amides is 1. The molecule has 1 unspecified atom stereocenters. The van der Waals surface area contributed by atoms with Crippen LogP contribution in [0.1, 0.15) is 27.7 Å². The number of carbonyl (C=O) groups excluding carboxylic acids is 2. The number of rotatable bonds is 6. The van der Waals surface area contributed by atoms with Crippen molar-refractivity contribution in [3.05, 3.63) is 30.1 Å². The predicted octanol–water partition coefficient (Wildman–Crippen LogP) is 3.19. The lowest BCUT2D eigenvalue weighted by molar-refractivity contribution is -0.137. The topological polar surface area (TPSA) is 74.7 Å². The molecule has 0 aliphatic rings. The number of anilines is 1. The average Bonchev–Trinajstić information content (AvgIpc) is 2.49. The summed E-state index contributed by atoms with van der Waals surface area (Å²) < 4.78 is 13.0. The first-order valence-electron chi connectivity index (χ1n) is 7.48. The van der Waals surface area contributed by atoms with Crippen LogP contribution in [0.3, 0.4) is 0 Å². The Hall–Kier alpha value is -1.89. The summed E-state index contributed by atoms with van der Waals surface area (Å²) in [5.41, 5.74) is -0.201. The minimum atomic E-state index is -1.17. The monoisotopic (exact) mass is 355 g/mol. The standard InChI is InChI=1S/C17H22FNO4S/c1-11(10-24-16(23)17(2,3)4)15(22)19(9-14(20)21)13-7-5-12(18)6-8-13/h5-8,11H,9-10H2,1-4H3,(H,20,21). The number of carboxylic acids is 1. The van der Waals surface area contributed by atoms with E-state index >= 15 is 0 Å². The first-order chi connectivity index (χ1) is 11.0. The smallest absolute Gasteiger partial charge is 0.323 e. The van der Waals surface area contributed by atoms with Gasteiger partial charge in [-0.2, -0.15) is 0 Å². The maximum atomic E-state index is 13.0. The van der Waals surface area contributed by atoms with Gasteiger partial charge in [0.1, 0.15) is 12.4 Å². The summed E-state index contributed by atoms with van der Waals surface area (Å²) in [4.78, 5) is 36.7. The lowest BCUT2D eigenvalue weighted by Crippen LogP contribution is -2.40. The lowest BCUT2D eigenvalue weighted by atomic mass is 10.00. The number of carboxylic acid groups (broad SMARTS) is 1. The van der Waals surface area contributed by atoms with Crippen molar-refractivity contribution >= 4 is 34.4 Å². The highest BCUT2D eigenvalue weighted by Gasteiger charge is 2.27. The Morgan fingerprint density at radius 1 is 1.21 bits per heavy atom. The maximum absolute atomic E-state index is 13.0. The second-order valence-corrected chi connectivity index (χ2v) is 7.54. The van der Waals surface area contributed by atoms with Crippen LogP contribution in [0.25, 0.3) is 0 Å². The summed E-state index contributed by atoms with van der Waals surface area (Å²) in [6.07, 6.45) is 0. The number of thioether (sulfide) groups is 1. The molecule has 1 N–H and O–H groups in total. The number of benzene rings is 1. The summed E-state index contributed by atoms with van der Waals surface area (Å²) in [6, 6.07) is 5.05. The van der Waals surface area contributed by atoms with E-state index < -0.39 is 35.6 Å². The van der Waals surface area contributed by atoms with Gasteiger partial charge in [0.25, 0.3) is 0 Å². The third-order valence-corrected chi connectivity index (χ3v) is 4.74. The molecule has 0 saturated heterocycles. The van der Waals surface area contributed by atoms with Crippen LogP contribution in [0.4, 0.5) is 10.1 Å². The van der Waals surface area contributed by atoms with Gasteiger partial charge in [-0.05, 0) is 24.3 Å². The molecule has 1 atom stereocenters. The third kappa shape index (κ3) is 5.96. The molecule has 0 aliphatic heterocycles. The summed E-state index contributed by atoms with van der Waals surface area (Å²) in [5.74, 6) is -2.35. The molecule has 1 rings (SSSR count). The van der Waals surface area contributed by atoms with Crippen LogP contribution in [0.15, 0.2) is 24.3 Å². The molecule has 0 aromatic heterocycles. The fraction of sp³-hybridized carbons (Fsp3) is 0.471. The zero-order chi connectivity index (χ0) is 18.5. The summed E-state index contributed by atoms with van der Waals surface area (Å²) in [6.45, 7) is 6.51. The SMILES string of the molecule is CC(CSC(=O)C(C)(C)C)C(=O)N(CC(=O)O)c1ccc(F)cc1. The molecule has 1 aromatic carbocycles. The second-order valence-electron chi connectivity index (χ2n) is 6.54. The highest BCUT2D eigenvalue weighted by atomic mass is 32.2. The van der Waals surface area contributed by atoms with Crippen LogP contribution < -0.4 is 4.90 Å². The first kappa shape index (κ1) is 20.2. The Morgan fingerprint density at radius 3 is 2.21 bits per heavy atom. The van der Waals surface area contributed by atoms with E-state index in [0.29, 0.717) is 5.69 Å². The van der Waals surface area contributed by atoms with Crippen molar-refractivity contribution in [2.75, 3.05) is 17.2 Å². The number of hydrogen-bond donors (Lipinski definition) is 1. The quantitative estimate of drug-likeness (QED) is 0.848. The van der Waals surface area contributed by atoms with Gasteiger partial charge >= 0.3 is 5.97 Å². The predicted molar refractivity (Wildman–Crippen MR) is 92.5 cm³/mol. The molecule has 0 radical (unpaired) electrons. The molecule has 0 bridgehead atoms. The van der Waals surface area contributed by atoms with Gasteiger partial charge in [-0.25, -0.2) is 4.39 Å². The van der Waals surface area contributed by atoms with Crippen LogP contribution in [-0.4, -0.2) is 34.4 Å². The molecule has 1 aromatic rings. The molecule has 0 heterocycles. The van der Waals surface area contributed by atoms with E-state index in [9.17, 15) is 18.8 Å². The Bertz CT molecular complexity index is 610. The minimum absolute atomic E-state index is 0.0336. The van der Waals surface area contributed by atoms with Gasteiger partial charge in [0.15, 0.2) is 5.12 Å². The van der Waals surface area contributed by atoms with Crippen molar-refractivity contribution < 1.29 is 23.9 Å². The molecule has 0 fully saturated rings. The van der Waals surface area contributed by atoms with Crippen LogP contribution in [0, 0.1) is 17.2 Å². The molecular formula is C17H22FNO4S. The Labute approximate surface area is 145 Å². The van der Waals surface area contributed by atoms with Gasteiger partial charge in [0, 0.05) is 22.8 Å². The van der Waals surface area contributed by atoms with E-state index in [2.05, 4.69) is 0 Å². The van der Waals surface area contributed by atoms with E-state index in [1.165, 1.54) is 24.3 Å². The Balaban J connectivity index is 2.86. The largest absolute Gasteiger partial charge is 0.480 e. The van der Waals surface area contributed by atoms with Crippen LogP contribution in [0.2, 0.25) is 0 Å². The third-order valence-electron chi connectivity index (χ3n) is 3.20. The van der Waals surface area contributed by atoms with E-state index in [1.807, 2.05) is 0 Å². The Morgan fingerprint density at radius 2 is 1.75 bits per heavy atom. The fourth-order valence-corrected chi connectivity index (χ4v) is 2.78. The van der Waals surface area contributed by atoms with Gasteiger partial charge in [0.2, 0.25) is 5.91 Å². The second kappa shape index (κ2) is 8.28. The number of hydrogen-bond acceptors (Lipinski definition) is 4. The molecule has 0 spiro atoms. The van der Waals surface area contributed by atoms with Crippen molar-refractivity contribution in [3.8, 4) is 0 Å². The first-order valence-corrected chi connectivity index (χ1v) is 8.47. The van der Waals surface area contributed by atoms with E-state index in [0.717, 1.165) is 16.7 Å². The minimum Gasteiger partial charge on any atom is -0.480 e. The normalized spacial score (nSPS) is 12.5. The van der Waals surface area contributed by atoms with Crippen molar-refractivity contribution in [2.45, 2.75) is 27.7 Å². The summed E-state index contributed by atoms with van der Waals surface area (Å²) in [7, 11) is 0. The van der Waals surface area contributed by atoms with E-state index in [1.54, 1.807) is 27.7 Å². The van der Waals surface area contributed by atoms with Gasteiger partial charge in [0.05, 0.1) is 0 Å². The number of nitrogens with zero attached hydrogens (tertiary/aromatic N) is 1. The van der Waals surface area contributed by atoms with Crippen molar-refractivity contribution in [3.63, 3.8) is 0 Å². The molecular weight excluding hydrogens is 333 g/mol. The molecule has 5 nitrogen and oxygen atoms in total. The van der Waals surface area contributed by atoms with Gasteiger partial charge in [-0.15, -0.1) is 0 Å². The van der Waals surface area contributed by atoms with Crippen LogP contribution in [0.5, 0.6) is 0 Å². The zero-order valence-corrected chi connectivity index (χ0v) is 15.0. The molecule has 0 saturated carbocycles. The average molecular weight is 355 g/mol. The van der Waals surface area contributed by atoms with Gasteiger partial charge in [-0.1, -0.05) is 39.5 Å². The van der Waals surface area contributed by atoms with Gasteiger partial charge in [-0.3, -0.25) is 14.4 Å². The number of halogens is 1. The Kier molecular flexibility index (Phi) is 6.95. The highest BCUT2D eigenvalue weighted by molar-refractivity contribution is 8.13. The van der Waals surface area contributed by atoms with Crippen LogP contribution >= 0.6 is 11.8 Å².